The number of carbonyl (C=O) groups is 2. The van der Waals surface area contributed by atoms with Crippen molar-refractivity contribution in [1.82, 2.24) is 0 Å². The van der Waals surface area contributed by atoms with Crippen molar-refractivity contribution < 1.29 is 28.5 Å². The number of esters is 2. The summed E-state index contributed by atoms with van der Waals surface area (Å²) < 4.78 is 23.4. The molecule has 0 unspecified atom stereocenters. The van der Waals surface area contributed by atoms with E-state index in [2.05, 4.69) is 26.8 Å². The first-order chi connectivity index (χ1) is 21.1. The van der Waals surface area contributed by atoms with Gasteiger partial charge in [0.25, 0.3) is 0 Å². The Balaban J connectivity index is 1.73. The van der Waals surface area contributed by atoms with Gasteiger partial charge in [-0.25, -0.2) is 9.59 Å². The lowest BCUT2D eigenvalue weighted by Gasteiger charge is -2.19. The summed E-state index contributed by atoms with van der Waals surface area (Å²) in [6, 6.07) is 13.9. The lowest BCUT2D eigenvalue weighted by atomic mass is 9.95. The number of carbonyl (C=O) groups excluding carboxylic acids is 2. The van der Waals surface area contributed by atoms with E-state index in [1.54, 1.807) is 0 Å². The standard InChI is InChI=1S/C37H52O6/c1-4-7-9-11-13-17-25-40-33(38)27-42-36-30-22-15-16-23-31(30)37(35-29(20-6-3)21-19-24-32(35)36)43-28-34(39)41-26-18-14-12-10-8-5-2/h15-16,19,21-24H,4-14,17-18,20,25-28H2,1-3H3. The van der Waals surface area contributed by atoms with E-state index in [9.17, 15) is 9.59 Å². The van der Waals surface area contributed by atoms with Crippen LogP contribution in [0, 0.1) is 0 Å². The normalized spacial score (nSPS) is 11.1. The number of aryl methyl sites for hydroxylation is 1. The molecule has 0 aliphatic carbocycles. The molecule has 0 heterocycles. The molecule has 0 aliphatic rings. The van der Waals surface area contributed by atoms with E-state index in [0.29, 0.717) is 24.7 Å². The third-order valence-corrected chi connectivity index (χ3v) is 7.75. The van der Waals surface area contributed by atoms with E-state index in [-0.39, 0.29) is 25.2 Å². The van der Waals surface area contributed by atoms with Crippen LogP contribution >= 0.6 is 0 Å². The first kappa shape index (κ1) is 34.2. The zero-order chi connectivity index (χ0) is 30.7. The molecule has 0 saturated carbocycles. The molecule has 0 atom stereocenters. The van der Waals surface area contributed by atoms with Crippen molar-refractivity contribution in [3.8, 4) is 11.5 Å². The smallest absolute Gasteiger partial charge is 0.344 e. The van der Waals surface area contributed by atoms with E-state index in [1.807, 2.05) is 36.4 Å². The molecule has 0 aliphatic heterocycles. The Labute approximate surface area is 258 Å². The number of hydrogen-bond donors (Lipinski definition) is 0. The van der Waals surface area contributed by atoms with Gasteiger partial charge in [-0.1, -0.05) is 134 Å². The molecule has 0 amide bonds. The maximum absolute atomic E-state index is 12.6. The maximum Gasteiger partial charge on any atom is 0.344 e. The van der Waals surface area contributed by atoms with Gasteiger partial charge in [0.15, 0.2) is 13.2 Å². The van der Waals surface area contributed by atoms with Crippen LogP contribution in [0.4, 0.5) is 0 Å². The Bertz CT molecular complexity index is 1270. The van der Waals surface area contributed by atoms with Crippen LogP contribution in [0.1, 0.15) is 110 Å². The van der Waals surface area contributed by atoms with E-state index in [0.717, 1.165) is 65.6 Å². The largest absolute Gasteiger partial charge is 0.481 e. The van der Waals surface area contributed by atoms with Crippen LogP contribution in [0.25, 0.3) is 21.5 Å². The highest BCUT2D eigenvalue weighted by atomic mass is 16.6. The topological polar surface area (TPSA) is 71.1 Å². The van der Waals surface area contributed by atoms with Crippen LogP contribution in [0.5, 0.6) is 11.5 Å². The Hall–Kier alpha value is -3.28. The average molecular weight is 593 g/mol. The summed E-state index contributed by atoms with van der Waals surface area (Å²) in [5.41, 5.74) is 1.11. The van der Waals surface area contributed by atoms with Gasteiger partial charge < -0.3 is 18.9 Å². The van der Waals surface area contributed by atoms with E-state index in [1.165, 1.54) is 51.4 Å². The van der Waals surface area contributed by atoms with Crippen LogP contribution in [-0.4, -0.2) is 38.4 Å². The predicted octanol–water partition coefficient (Wildman–Crippen LogP) is 9.51. The zero-order valence-electron chi connectivity index (χ0n) is 26.7. The third kappa shape index (κ3) is 11.1. The van der Waals surface area contributed by atoms with Crippen molar-refractivity contribution in [3.63, 3.8) is 0 Å². The zero-order valence-corrected chi connectivity index (χ0v) is 26.7. The van der Waals surface area contributed by atoms with E-state index >= 15 is 0 Å². The van der Waals surface area contributed by atoms with Crippen molar-refractivity contribution in [3.05, 3.63) is 48.0 Å². The van der Waals surface area contributed by atoms with E-state index in [4.69, 9.17) is 18.9 Å². The van der Waals surface area contributed by atoms with Crippen LogP contribution < -0.4 is 9.47 Å². The van der Waals surface area contributed by atoms with Crippen molar-refractivity contribution in [2.45, 2.75) is 111 Å². The molecule has 0 N–H and O–H groups in total. The summed E-state index contributed by atoms with van der Waals surface area (Å²) in [4.78, 5) is 25.2. The monoisotopic (exact) mass is 592 g/mol. The maximum atomic E-state index is 12.6. The quantitative estimate of drug-likeness (QED) is 0.0657. The Morgan fingerprint density at radius 1 is 0.535 bits per heavy atom. The molecule has 236 valence electrons. The molecule has 0 aromatic heterocycles. The minimum atomic E-state index is -0.371. The molecule has 0 spiro atoms. The molecule has 3 rings (SSSR count). The molecule has 43 heavy (non-hydrogen) atoms. The first-order valence-electron chi connectivity index (χ1n) is 16.6. The molecule has 0 saturated heterocycles. The fourth-order valence-electron chi connectivity index (χ4n) is 5.48. The summed E-state index contributed by atoms with van der Waals surface area (Å²) in [7, 11) is 0. The van der Waals surface area contributed by atoms with Crippen LogP contribution in [0.15, 0.2) is 42.5 Å². The number of hydrogen-bond acceptors (Lipinski definition) is 6. The molecular weight excluding hydrogens is 540 g/mol. The fraction of sp³-hybridized carbons (Fsp3) is 0.568. The molecular formula is C37H52O6. The van der Waals surface area contributed by atoms with Crippen molar-refractivity contribution in [2.24, 2.45) is 0 Å². The Morgan fingerprint density at radius 2 is 1.02 bits per heavy atom. The summed E-state index contributed by atoms with van der Waals surface area (Å²) in [6.07, 6.45) is 15.4. The lowest BCUT2D eigenvalue weighted by Crippen LogP contribution is -2.17. The Kier molecular flexibility index (Phi) is 15.8. The molecule has 3 aromatic rings. The van der Waals surface area contributed by atoms with Crippen LogP contribution in [-0.2, 0) is 25.5 Å². The second kappa shape index (κ2) is 19.8. The second-order valence-corrected chi connectivity index (χ2v) is 11.3. The lowest BCUT2D eigenvalue weighted by molar-refractivity contribution is -0.147. The highest BCUT2D eigenvalue weighted by molar-refractivity contribution is 6.12. The van der Waals surface area contributed by atoms with Gasteiger partial charge in [0.05, 0.1) is 13.2 Å². The molecule has 0 bridgehead atoms. The van der Waals surface area contributed by atoms with Gasteiger partial charge in [0.2, 0.25) is 0 Å². The predicted molar refractivity (Wildman–Crippen MR) is 175 cm³/mol. The van der Waals surface area contributed by atoms with Gasteiger partial charge in [-0.05, 0) is 24.8 Å². The molecule has 6 nitrogen and oxygen atoms in total. The highest BCUT2D eigenvalue weighted by Crippen LogP contribution is 2.44. The number of ether oxygens (including phenoxy) is 4. The SMILES string of the molecule is CCCCCCCCOC(=O)COc1c2ccccc2c(OCC(=O)OCCCCCCCC)c2c(CCC)cccc12. The number of benzene rings is 3. The summed E-state index contributed by atoms with van der Waals surface area (Å²) in [5, 5.41) is 3.41. The second-order valence-electron chi connectivity index (χ2n) is 11.3. The summed E-state index contributed by atoms with van der Waals surface area (Å²) in [6.45, 7) is 7.04. The van der Waals surface area contributed by atoms with Gasteiger partial charge in [0, 0.05) is 21.5 Å². The van der Waals surface area contributed by atoms with Crippen LogP contribution in [0.3, 0.4) is 0 Å². The molecule has 0 fully saturated rings. The van der Waals surface area contributed by atoms with Gasteiger partial charge in [-0.15, -0.1) is 0 Å². The van der Waals surface area contributed by atoms with Crippen molar-refractivity contribution >= 4 is 33.5 Å². The number of unbranched alkanes of at least 4 members (excludes halogenated alkanes) is 10. The highest BCUT2D eigenvalue weighted by Gasteiger charge is 2.20. The minimum absolute atomic E-state index is 0.166. The fourth-order valence-corrected chi connectivity index (χ4v) is 5.48. The first-order valence-corrected chi connectivity index (χ1v) is 16.6. The number of fused-ring (bicyclic) bond motifs is 2. The van der Waals surface area contributed by atoms with Gasteiger partial charge >= 0.3 is 11.9 Å². The van der Waals surface area contributed by atoms with E-state index < -0.39 is 0 Å². The van der Waals surface area contributed by atoms with Crippen molar-refractivity contribution in [1.29, 1.82) is 0 Å². The molecule has 6 heteroatoms. The molecule has 0 radical (unpaired) electrons. The molecule has 3 aromatic carbocycles. The summed E-state index contributed by atoms with van der Waals surface area (Å²) in [5.74, 6) is 0.526. The van der Waals surface area contributed by atoms with Crippen molar-refractivity contribution in [2.75, 3.05) is 26.4 Å². The Morgan fingerprint density at radius 3 is 1.58 bits per heavy atom. The third-order valence-electron chi connectivity index (χ3n) is 7.75. The summed E-state index contributed by atoms with van der Waals surface area (Å²) >= 11 is 0. The minimum Gasteiger partial charge on any atom is -0.481 e. The van der Waals surface area contributed by atoms with Gasteiger partial charge in [0.1, 0.15) is 11.5 Å². The van der Waals surface area contributed by atoms with Gasteiger partial charge in [-0.2, -0.15) is 0 Å². The number of rotatable bonds is 22. The average Bonchev–Trinajstić information content (AvgIpc) is 3.02. The van der Waals surface area contributed by atoms with Gasteiger partial charge in [-0.3, -0.25) is 0 Å². The van der Waals surface area contributed by atoms with Crippen LogP contribution in [0.2, 0.25) is 0 Å².